The molecular formula is C11H10ClNO. The van der Waals surface area contributed by atoms with Crippen LogP contribution in [0.1, 0.15) is 11.1 Å². The summed E-state index contributed by atoms with van der Waals surface area (Å²) in [5.41, 5.74) is 2.70. The second-order valence-electron chi connectivity index (χ2n) is 3.38. The van der Waals surface area contributed by atoms with Crippen molar-refractivity contribution in [2.45, 2.75) is 6.42 Å². The summed E-state index contributed by atoms with van der Waals surface area (Å²) in [4.78, 5) is 13.1. The summed E-state index contributed by atoms with van der Waals surface area (Å²) in [6.45, 7) is 3.87. The molecule has 1 aromatic rings. The fourth-order valence-electron chi connectivity index (χ4n) is 1.58. The molecule has 72 valence electrons. The average molecular weight is 208 g/mol. The molecule has 0 unspecified atom stereocenters. The van der Waals surface area contributed by atoms with Gasteiger partial charge in [-0.05, 0) is 17.7 Å². The molecule has 2 rings (SSSR count). The van der Waals surface area contributed by atoms with Crippen molar-refractivity contribution in [3.8, 4) is 0 Å². The van der Waals surface area contributed by atoms with Crippen LogP contribution in [0, 0.1) is 0 Å². The molecule has 0 bridgehead atoms. The first kappa shape index (κ1) is 9.28. The molecule has 1 amide bonds. The number of hydrogen-bond acceptors (Lipinski definition) is 1. The van der Waals surface area contributed by atoms with Crippen LogP contribution in [0.5, 0.6) is 0 Å². The molecule has 0 saturated heterocycles. The van der Waals surface area contributed by atoms with Gasteiger partial charge < -0.3 is 4.90 Å². The molecule has 3 heteroatoms. The van der Waals surface area contributed by atoms with E-state index in [1.165, 1.54) is 0 Å². The molecule has 0 radical (unpaired) electrons. The first-order valence-corrected chi connectivity index (χ1v) is 4.71. The summed E-state index contributed by atoms with van der Waals surface area (Å²) in [6, 6.07) is 5.53. The lowest BCUT2D eigenvalue weighted by Crippen LogP contribution is -2.31. The van der Waals surface area contributed by atoms with Crippen LogP contribution in [0.25, 0.3) is 5.70 Å². The smallest absolute Gasteiger partial charge is 0.231 e. The van der Waals surface area contributed by atoms with E-state index in [4.69, 9.17) is 11.6 Å². The van der Waals surface area contributed by atoms with Gasteiger partial charge >= 0.3 is 0 Å². The van der Waals surface area contributed by atoms with Gasteiger partial charge in [-0.3, -0.25) is 4.79 Å². The highest BCUT2D eigenvalue weighted by atomic mass is 35.5. The van der Waals surface area contributed by atoms with Crippen LogP contribution < -0.4 is 0 Å². The molecule has 0 aliphatic carbocycles. The van der Waals surface area contributed by atoms with Gasteiger partial charge in [-0.15, -0.1) is 0 Å². The maximum Gasteiger partial charge on any atom is 0.231 e. The Morgan fingerprint density at radius 2 is 2.21 bits per heavy atom. The quantitative estimate of drug-likeness (QED) is 0.640. The molecule has 0 aromatic heterocycles. The Hall–Kier alpha value is -1.28. The Morgan fingerprint density at radius 3 is 2.93 bits per heavy atom. The minimum atomic E-state index is 0.0739. The minimum absolute atomic E-state index is 0.0739. The fraction of sp³-hybridized carbons (Fsp3) is 0.182. The number of amides is 1. The maximum absolute atomic E-state index is 11.5. The van der Waals surface area contributed by atoms with Crippen LogP contribution in [-0.2, 0) is 11.2 Å². The van der Waals surface area contributed by atoms with Crippen LogP contribution in [0.4, 0.5) is 0 Å². The lowest BCUT2D eigenvalue weighted by atomic mass is 9.97. The number of fused-ring (bicyclic) bond motifs is 1. The Balaban J connectivity index is 2.57. The molecule has 2 nitrogen and oxygen atoms in total. The van der Waals surface area contributed by atoms with E-state index in [0.717, 1.165) is 16.8 Å². The zero-order chi connectivity index (χ0) is 10.3. The summed E-state index contributed by atoms with van der Waals surface area (Å²) >= 11 is 5.88. The van der Waals surface area contributed by atoms with Crippen LogP contribution in [0.2, 0.25) is 5.02 Å². The van der Waals surface area contributed by atoms with Gasteiger partial charge in [0, 0.05) is 23.3 Å². The highest BCUT2D eigenvalue weighted by Crippen LogP contribution is 2.29. The summed E-state index contributed by atoms with van der Waals surface area (Å²) in [7, 11) is 1.73. The maximum atomic E-state index is 11.5. The van der Waals surface area contributed by atoms with Gasteiger partial charge in [0.1, 0.15) is 0 Å². The second-order valence-corrected chi connectivity index (χ2v) is 3.81. The molecule has 0 fully saturated rings. The predicted molar refractivity (Wildman–Crippen MR) is 57.0 cm³/mol. The van der Waals surface area contributed by atoms with E-state index in [-0.39, 0.29) is 5.91 Å². The van der Waals surface area contributed by atoms with E-state index < -0.39 is 0 Å². The van der Waals surface area contributed by atoms with Crippen molar-refractivity contribution in [2.75, 3.05) is 7.05 Å². The van der Waals surface area contributed by atoms with E-state index in [9.17, 15) is 4.79 Å². The van der Waals surface area contributed by atoms with Gasteiger partial charge in [-0.2, -0.15) is 0 Å². The van der Waals surface area contributed by atoms with Gasteiger partial charge in [0.05, 0.1) is 6.42 Å². The summed E-state index contributed by atoms with van der Waals surface area (Å²) in [5.74, 6) is 0.0739. The largest absolute Gasteiger partial charge is 0.315 e. The molecule has 1 aromatic carbocycles. The van der Waals surface area contributed by atoms with Crippen molar-refractivity contribution < 1.29 is 4.79 Å². The van der Waals surface area contributed by atoms with E-state index in [1.54, 1.807) is 18.0 Å². The lowest BCUT2D eigenvalue weighted by molar-refractivity contribution is -0.126. The van der Waals surface area contributed by atoms with Crippen LogP contribution in [0.3, 0.4) is 0 Å². The van der Waals surface area contributed by atoms with E-state index >= 15 is 0 Å². The highest BCUT2D eigenvalue weighted by molar-refractivity contribution is 6.30. The highest BCUT2D eigenvalue weighted by Gasteiger charge is 2.23. The average Bonchev–Trinajstić information content (AvgIpc) is 2.16. The molecule has 0 atom stereocenters. The first-order chi connectivity index (χ1) is 6.59. The molecule has 14 heavy (non-hydrogen) atoms. The van der Waals surface area contributed by atoms with Crippen molar-refractivity contribution >= 4 is 23.2 Å². The lowest BCUT2D eigenvalue weighted by Gasteiger charge is -2.27. The van der Waals surface area contributed by atoms with Crippen LogP contribution in [0.15, 0.2) is 24.8 Å². The zero-order valence-electron chi connectivity index (χ0n) is 7.88. The number of carbonyl (C=O) groups excluding carboxylic acids is 1. The van der Waals surface area contributed by atoms with Crippen LogP contribution >= 0.6 is 11.6 Å². The van der Waals surface area contributed by atoms with Gasteiger partial charge in [0.2, 0.25) is 5.91 Å². The summed E-state index contributed by atoms with van der Waals surface area (Å²) in [6.07, 6.45) is 0.433. The Bertz CT molecular complexity index is 425. The Morgan fingerprint density at radius 1 is 1.50 bits per heavy atom. The van der Waals surface area contributed by atoms with E-state index in [0.29, 0.717) is 11.4 Å². The number of hydrogen-bond donors (Lipinski definition) is 0. The standard InChI is InChI=1S/C11H10ClNO/c1-7-10-6-9(12)4-3-8(10)5-11(14)13(7)2/h3-4,6H,1,5H2,2H3. The molecule has 0 saturated carbocycles. The number of benzene rings is 1. The third-order valence-corrected chi connectivity index (χ3v) is 2.74. The van der Waals surface area contributed by atoms with Crippen molar-refractivity contribution in [3.05, 3.63) is 40.9 Å². The van der Waals surface area contributed by atoms with Crippen LogP contribution in [-0.4, -0.2) is 17.9 Å². The van der Waals surface area contributed by atoms with Crippen molar-refractivity contribution in [2.24, 2.45) is 0 Å². The summed E-state index contributed by atoms with van der Waals surface area (Å²) < 4.78 is 0. The Labute approximate surface area is 87.8 Å². The van der Waals surface area contributed by atoms with Gasteiger partial charge in [0.15, 0.2) is 0 Å². The normalized spacial score (nSPS) is 15.7. The number of nitrogens with zero attached hydrogens (tertiary/aromatic N) is 1. The monoisotopic (exact) mass is 207 g/mol. The van der Waals surface area contributed by atoms with Crippen molar-refractivity contribution in [1.29, 1.82) is 0 Å². The Kier molecular flexibility index (Phi) is 2.08. The predicted octanol–water partition coefficient (Wildman–Crippen LogP) is 2.33. The van der Waals surface area contributed by atoms with Gasteiger partial charge in [-0.25, -0.2) is 0 Å². The van der Waals surface area contributed by atoms with Crippen molar-refractivity contribution in [3.63, 3.8) is 0 Å². The molecule has 1 heterocycles. The molecule has 0 N–H and O–H groups in total. The third kappa shape index (κ3) is 1.32. The molecule has 0 spiro atoms. The number of likely N-dealkylation sites (N-methyl/N-ethyl adjacent to an activating group) is 1. The molecule has 1 aliphatic rings. The first-order valence-electron chi connectivity index (χ1n) is 4.34. The van der Waals surface area contributed by atoms with Gasteiger partial charge in [0.25, 0.3) is 0 Å². The molecule has 1 aliphatic heterocycles. The topological polar surface area (TPSA) is 20.3 Å². The second kappa shape index (κ2) is 3.14. The number of rotatable bonds is 0. The third-order valence-electron chi connectivity index (χ3n) is 2.50. The van der Waals surface area contributed by atoms with E-state index in [1.807, 2.05) is 12.1 Å². The number of carbonyl (C=O) groups is 1. The molecular weight excluding hydrogens is 198 g/mol. The SMILES string of the molecule is C=C1c2cc(Cl)ccc2CC(=O)N1C. The summed E-state index contributed by atoms with van der Waals surface area (Å²) in [5, 5.41) is 0.674. The number of halogens is 1. The van der Waals surface area contributed by atoms with E-state index in [2.05, 4.69) is 6.58 Å². The zero-order valence-corrected chi connectivity index (χ0v) is 8.64. The fourth-order valence-corrected chi connectivity index (χ4v) is 1.76. The van der Waals surface area contributed by atoms with Crippen molar-refractivity contribution in [1.82, 2.24) is 4.90 Å². The van der Waals surface area contributed by atoms with Gasteiger partial charge in [-0.1, -0.05) is 24.2 Å². The minimum Gasteiger partial charge on any atom is -0.315 e.